The molecule has 0 saturated carbocycles. The van der Waals surface area contributed by atoms with Crippen molar-refractivity contribution >= 4 is 35.0 Å². The van der Waals surface area contributed by atoms with Crippen molar-refractivity contribution in [1.82, 2.24) is 0 Å². The highest BCUT2D eigenvalue weighted by atomic mass is 32.2. The average molecular weight is 328 g/mol. The molecule has 120 valence electrons. The smallest absolute Gasteiger partial charge is 0.236 e. The SMILES string of the molecule is CN(C(=O)CSCC(=O)N(C)c1ccccc1)c1ccccc1. The third kappa shape index (κ3) is 4.86. The fourth-order valence-corrected chi connectivity index (χ4v) is 2.85. The zero-order valence-corrected chi connectivity index (χ0v) is 14.1. The highest BCUT2D eigenvalue weighted by molar-refractivity contribution is 8.00. The molecule has 2 rings (SSSR count). The molecule has 0 spiro atoms. The summed E-state index contributed by atoms with van der Waals surface area (Å²) in [4.78, 5) is 27.5. The number of nitrogens with zero attached hydrogens (tertiary/aromatic N) is 2. The molecular weight excluding hydrogens is 308 g/mol. The lowest BCUT2D eigenvalue weighted by atomic mass is 10.3. The van der Waals surface area contributed by atoms with E-state index in [1.165, 1.54) is 11.8 Å². The molecule has 0 unspecified atom stereocenters. The van der Waals surface area contributed by atoms with Crippen LogP contribution in [0.3, 0.4) is 0 Å². The van der Waals surface area contributed by atoms with Gasteiger partial charge in [0.2, 0.25) is 11.8 Å². The van der Waals surface area contributed by atoms with Crippen LogP contribution in [-0.4, -0.2) is 37.4 Å². The Kier molecular flexibility index (Phi) is 6.23. The molecule has 0 aliphatic carbocycles. The number of carbonyl (C=O) groups excluding carboxylic acids is 2. The number of carbonyl (C=O) groups is 2. The Labute approximate surface area is 141 Å². The van der Waals surface area contributed by atoms with E-state index in [4.69, 9.17) is 0 Å². The summed E-state index contributed by atoms with van der Waals surface area (Å²) in [6.07, 6.45) is 0. The van der Waals surface area contributed by atoms with E-state index in [0.29, 0.717) is 0 Å². The van der Waals surface area contributed by atoms with Gasteiger partial charge in [0.1, 0.15) is 0 Å². The van der Waals surface area contributed by atoms with Crippen LogP contribution in [0.25, 0.3) is 0 Å². The van der Waals surface area contributed by atoms with Crippen LogP contribution in [0.15, 0.2) is 60.7 Å². The number of anilines is 2. The van der Waals surface area contributed by atoms with E-state index in [2.05, 4.69) is 0 Å². The van der Waals surface area contributed by atoms with Gasteiger partial charge in [0, 0.05) is 25.5 Å². The van der Waals surface area contributed by atoms with Crippen LogP contribution < -0.4 is 9.80 Å². The molecule has 2 aromatic rings. The van der Waals surface area contributed by atoms with Crippen molar-refractivity contribution < 1.29 is 9.59 Å². The maximum Gasteiger partial charge on any atom is 0.236 e. The van der Waals surface area contributed by atoms with Crippen molar-refractivity contribution in [3.63, 3.8) is 0 Å². The van der Waals surface area contributed by atoms with Gasteiger partial charge in [-0.05, 0) is 24.3 Å². The Morgan fingerprint density at radius 2 is 1.09 bits per heavy atom. The van der Waals surface area contributed by atoms with Crippen LogP contribution in [0.2, 0.25) is 0 Å². The van der Waals surface area contributed by atoms with Crippen LogP contribution in [0.4, 0.5) is 11.4 Å². The van der Waals surface area contributed by atoms with Gasteiger partial charge >= 0.3 is 0 Å². The van der Waals surface area contributed by atoms with Gasteiger partial charge in [0.15, 0.2) is 0 Å². The minimum atomic E-state index is -0.0173. The Morgan fingerprint density at radius 3 is 1.43 bits per heavy atom. The second-order valence-corrected chi connectivity index (χ2v) is 6.06. The predicted molar refractivity (Wildman–Crippen MR) is 97.0 cm³/mol. The molecule has 0 heterocycles. The summed E-state index contributed by atoms with van der Waals surface area (Å²) in [5, 5.41) is 0. The average Bonchev–Trinajstić information content (AvgIpc) is 2.61. The number of benzene rings is 2. The quantitative estimate of drug-likeness (QED) is 0.818. The van der Waals surface area contributed by atoms with Gasteiger partial charge in [0.05, 0.1) is 11.5 Å². The van der Waals surface area contributed by atoms with Gasteiger partial charge in [0.25, 0.3) is 0 Å². The van der Waals surface area contributed by atoms with Crippen molar-refractivity contribution in [2.75, 3.05) is 35.4 Å². The van der Waals surface area contributed by atoms with E-state index in [1.807, 2.05) is 60.7 Å². The standard InChI is InChI=1S/C18H20N2O2S/c1-19(15-9-5-3-6-10-15)17(21)13-23-14-18(22)20(2)16-11-7-4-8-12-16/h3-12H,13-14H2,1-2H3. The first-order valence-electron chi connectivity index (χ1n) is 7.30. The molecule has 2 aromatic carbocycles. The Hall–Kier alpha value is -2.27. The number of para-hydroxylation sites is 2. The summed E-state index contributed by atoms with van der Waals surface area (Å²) in [5.41, 5.74) is 1.71. The van der Waals surface area contributed by atoms with Gasteiger partial charge < -0.3 is 9.80 Å². The third-order valence-corrected chi connectivity index (χ3v) is 4.39. The van der Waals surface area contributed by atoms with Crippen LogP contribution in [0.5, 0.6) is 0 Å². The second kappa shape index (κ2) is 8.39. The van der Waals surface area contributed by atoms with Gasteiger partial charge in [-0.3, -0.25) is 9.59 Å². The zero-order chi connectivity index (χ0) is 16.7. The lowest BCUT2D eigenvalue weighted by molar-refractivity contribution is -0.116. The van der Waals surface area contributed by atoms with Crippen LogP contribution in [0.1, 0.15) is 0 Å². The van der Waals surface area contributed by atoms with E-state index in [9.17, 15) is 9.59 Å². The molecule has 0 bridgehead atoms. The number of amides is 2. The fraction of sp³-hybridized carbons (Fsp3) is 0.222. The highest BCUT2D eigenvalue weighted by Crippen LogP contribution is 2.15. The van der Waals surface area contributed by atoms with E-state index < -0.39 is 0 Å². The molecular formula is C18H20N2O2S. The number of rotatable bonds is 6. The van der Waals surface area contributed by atoms with Crippen molar-refractivity contribution in [3.8, 4) is 0 Å². The summed E-state index contributed by atoms with van der Waals surface area (Å²) in [6, 6.07) is 18.9. The van der Waals surface area contributed by atoms with Crippen LogP contribution >= 0.6 is 11.8 Å². The van der Waals surface area contributed by atoms with E-state index >= 15 is 0 Å². The van der Waals surface area contributed by atoms with Crippen molar-refractivity contribution in [2.45, 2.75) is 0 Å². The second-order valence-electron chi connectivity index (χ2n) is 5.07. The van der Waals surface area contributed by atoms with E-state index in [-0.39, 0.29) is 23.3 Å². The lowest BCUT2D eigenvalue weighted by Crippen LogP contribution is -2.30. The number of thioether (sulfide) groups is 1. The van der Waals surface area contributed by atoms with Crippen molar-refractivity contribution in [2.24, 2.45) is 0 Å². The maximum atomic E-state index is 12.1. The first kappa shape index (κ1) is 17.1. The van der Waals surface area contributed by atoms with Crippen LogP contribution in [0, 0.1) is 0 Å². The molecule has 0 radical (unpaired) electrons. The highest BCUT2D eigenvalue weighted by Gasteiger charge is 2.14. The summed E-state index contributed by atoms with van der Waals surface area (Å²) in [5.74, 6) is 0.521. The Morgan fingerprint density at radius 1 is 0.739 bits per heavy atom. The molecule has 0 N–H and O–H groups in total. The number of hydrogen-bond acceptors (Lipinski definition) is 3. The molecule has 0 aliphatic heterocycles. The fourth-order valence-electron chi connectivity index (χ4n) is 2.01. The van der Waals surface area contributed by atoms with Gasteiger partial charge in [-0.15, -0.1) is 11.8 Å². The van der Waals surface area contributed by atoms with Crippen molar-refractivity contribution in [1.29, 1.82) is 0 Å². The van der Waals surface area contributed by atoms with E-state index in [1.54, 1.807) is 23.9 Å². The molecule has 5 heteroatoms. The predicted octanol–water partition coefficient (Wildman–Crippen LogP) is 3.05. The topological polar surface area (TPSA) is 40.6 Å². The number of hydrogen-bond donors (Lipinski definition) is 0. The molecule has 0 atom stereocenters. The molecule has 0 aromatic heterocycles. The monoisotopic (exact) mass is 328 g/mol. The molecule has 4 nitrogen and oxygen atoms in total. The van der Waals surface area contributed by atoms with Crippen LogP contribution in [-0.2, 0) is 9.59 Å². The molecule has 0 fully saturated rings. The maximum absolute atomic E-state index is 12.1. The lowest BCUT2D eigenvalue weighted by Gasteiger charge is -2.18. The molecule has 23 heavy (non-hydrogen) atoms. The Balaban J connectivity index is 1.80. The van der Waals surface area contributed by atoms with Gasteiger partial charge in [-0.1, -0.05) is 36.4 Å². The van der Waals surface area contributed by atoms with Gasteiger partial charge in [-0.2, -0.15) is 0 Å². The largest absolute Gasteiger partial charge is 0.315 e. The first-order valence-corrected chi connectivity index (χ1v) is 8.46. The minimum absolute atomic E-state index is 0.0173. The first-order chi connectivity index (χ1) is 11.1. The van der Waals surface area contributed by atoms with Gasteiger partial charge in [-0.25, -0.2) is 0 Å². The molecule has 0 saturated heterocycles. The Bertz CT molecular complexity index is 589. The summed E-state index contributed by atoms with van der Waals surface area (Å²) in [7, 11) is 3.49. The molecule has 0 aliphatic rings. The summed E-state index contributed by atoms with van der Waals surface area (Å²) in [6.45, 7) is 0. The molecule has 2 amide bonds. The van der Waals surface area contributed by atoms with Crippen molar-refractivity contribution in [3.05, 3.63) is 60.7 Å². The minimum Gasteiger partial charge on any atom is -0.315 e. The third-order valence-electron chi connectivity index (χ3n) is 3.49. The zero-order valence-electron chi connectivity index (χ0n) is 13.3. The van der Waals surface area contributed by atoms with E-state index in [0.717, 1.165) is 11.4 Å². The summed E-state index contributed by atoms with van der Waals surface area (Å²) >= 11 is 1.33. The normalized spacial score (nSPS) is 10.2. The summed E-state index contributed by atoms with van der Waals surface area (Å²) < 4.78 is 0.